The number of esters is 1. The van der Waals surface area contributed by atoms with Crippen LogP contribution in [0.5, 0.6) is 11.5 Å². The van der Waals surface area contributed by atoms with Crippen LogP contribution in [0.1, 0.15) is 83.3 Å². The van der Waals surface area contributed by atoms with Crippen molar-refractivity contribution >= 4 is 22.8 Å². The Bertz CT molecular complexity index is 1210. The second kappa shape index (κ2) is 11.4. The predicted octanol–water partition coefficient (Wildman–Crippen LogP) is 4.08. The number of thioether (sulfide) groups is 1. The summed E-state index contributed by atoms with van der Waals surface area (Å²) in [7, 11) is 1.58. The van der Waals surface area contributed by atoms with E-state index in [0.29, 0.717) is 30.1 Å². The van der Waals surface area contributed by atoms with Crippen LogP contribution in [0.15, 0.2) is 24.0 Å². The molecule has 5 rings (SSSR count). The quantitative estimate of drug-likeness (QED) is 0.387. The van der Waals surface area contributed by atoms with E-state index in [9.17, 15) is 19.8 Å². The standard InChI is InChI=1S/C31H43NO8S/c1-19(2)41-25(33)17-31(36,11-6-9-29(3,4)35)28(34)40-27-24(37-5)16-30-10-7-12-32(30)13-8-20-14-22-23(39-18-38-22)15-21(20)26(27)30/h14-16,19,26-27,35-36H,6-13,17-18H2,1-5H3/t26-,27?,30+,31+/m1/s1. The van der Waals surface area contributed by atoms with Crippen molar-refractivity contribution in [2.75, 3.05) is 27.0 Å². The summed E-state index contributed by atoms with van der Waals surface area (Å²) in [6.45, 7) is 9.08. The highest BCUT2D eigenvalue weighted by atomic mass is 32.2. The molecule has 4 atom stereocenters. The average molecular weight is 590 g/mol. The fourth-order valence-electron chi connectivity index (χ4n) is 6.94. The van der Waals surface area contributed by atoms with Gasteiger partial charge in [0.15, 0.2) is 28.3 Å². The monoisotopic (exact) mass is 589 g/mol. The number of nitrogens with zero attached hydrogens (tertiary/aromatic N) is 1. The summed E-state index contributed by atoms with van der Waals surface area (Å²) in [6.07, 6.45) is 4.37. The maximum atomic E-state index is 14.0. The van der Waals surface area contributed by atoms with E-state index in [0.717, 1.165) is 55.2 Å². The molecule has 41 heavy (non-hydrogen) atoms. The molecule has 0 amide bonds. The molecule has 1 aliphatic carbocycles. The first-order chi connectivity index (χ1) is 19.3. The molecule has 0 bridgehead atoms. The van der Waals surface area contributed by atoms with Gasteiger partial charge in [-0.15, -0.1) is 0 Å². The van der Waals surface area contributed by atoms with Gasteiger partial charge < -0.3 is 29.2 Å². The minimum atomic E-state index is -2.03. The van der Waals surface area contributed by atoms with E-state index in [4.69, 9.17) is 18.9 Å². The number of benzene rings is 1. The van der Waals surface area contributed by atoms with Crippen molar-refractivity contribution in [2.45, 2.75) is 107 Å². The number of fused-ring (bicyclic) bond motifs is 3. The van der Waals surface area contributed by atoms with Crippen LogP contribution in [0, 0.1) is 0 Å². The molecule has 226 valence electrons. The van der Waals surface area contributed by atoms with Gasteiger partial charge in [-0.1, -0.05) is 25.6 Å². The van der Waals surface area contributed by atoms with Gasteiger partial charge in [0.1, 0.15) is 5.76 Å². The molecule has 10 heteroatoms. The van der Waals surface area contributed by atoms with Crippen LogP contribution in [-0.2, 0) is 25.5 Å². The maximum Gasteiger partial charge on any atom is 0.339 e. The summed E-state index contributed by atoms with van der Waals surface area (Å²) in [6, 6.07) is 4.05. The van der Waals surface area contributed by atoms with Crippen molar-refractivity contribution < 1.29 is 38.7 Å². The first-order valence-corrected chi connectivity index (χ1v) is 15.5. The zero-order valence-corrected chi connectivity index (χ0v) is 25.6. The summed E-state index contributed by atoms with van der Waals surface area (Å²) in [4.78, 5) is 29.3. The second-order valence-electron chi connectivity index (χ2n) is 12.7. The molecule has 3 aliphatic heterocycles. The zero-order valence-electron chi connectivity index (χ0n) is 24.7. The van der Waals surface area contributed by atoms with E-state index in [2.05, 4.69) is 11.0 Å². The maximum absolute atomic E-state index is 14.0. The summed E-state index contributed by atoms with van der Waals surface area (Å²) in [5, 5.41) is 21.7. The second-order valence-corrected chi connectivity index (χ2v) is 14.3. The van der Waals surface area contributed by atoms with Gasteiger partial charge in [0, 0.05) is 11.8 Å². The fourth-order valence-corrected chi connectivity index (χ4v) is 7.79. The molecule has 1 fully saturated rings. The van der Waals surface area contributed by atoms with Crippen molar-refractivity contribution in [1.29, 1.82) is 0 Å². The highest BCUT2D eigenvalue weighted by molar-refractivity contribution is 8.14. The van der Waals surface area contributed by atoms with Crippen molar-refractivity contribution in [1.82, 2.24) is 4.90 Å². The number of carbonyl (C=O) groups excluding carboxylic acids is 2. The van der Waals surface area contributed by atoms with Crippen molar-refractivity contribution in [3.63, 3.8) is 0 Å². The summed E-state index contributed by atoms with van der Waals surface area (Å²) >= 11 is 1.10. The minimum absolute atomic E-state index is 0.00379. The molecule has 1 saturated heterocycles. The van der Waals surface area contributed by atoms with E-state index in [-0.39, 0.29) is 35.9 Å². The van der Waals surface area contributed by atoms with Crippen LogP contribution in [0.2, 0.25) is 0 Å². The number of ether oxygens (including phenoxy) is 4. The molecular formula is C31H43NO8S. The summed E-state index contributed by atoms with van der Waals surface area (Å²) in [5.41, 5.74) is -1.26. The topological polar surface area (TPSA) is 115 Å². The Labute approximate surface area is 246 Å². The number of methoxy groups -OCH3 is 1. The van der Waals surface area contributed by atoms with E-state index >= 15 is 0 Å². The normalized spacial score (nSPS) is 26.5. The third-order valence-corrected chi connectivity index (χ3v) is 9.64. The molecule has 0 saturated carbocycles. The summed E-state index contributed by atoms with van der Waals surface area (Å²) in [5.74, 6) is 0.807. The fraction of sp³-hybridized carbons (Fsp3) is 0.677. The SMILES string of the molecule is COC1=C[C@]23CCCN2CCc2cc4c(cc2[C@@H]3C1OC(=O)[C@](O)(CCCC(C)(C)O)CC(=O)SC(C)C)OCO4. The molecule has 1 aromatic carbocycles. The lowest BCUT2D eigenvalue weighted by Crippen LogP contribution is -2.49. The minimum Gasteiger partial charge on any atom is -0.497 e. The predicted molar refractivity (Wildman–Crippen MR) is 155 cm³/mol. The van der Waals surface area contributed by atoms with Crippen LogP contribution in [0.3, 0.4) is 0 Å². The number of carbonyl (C=O) groups is 2. The van der Waals surface area contributed by atoms with Crippen molar-refractivity contribution in [3.8, 4) is 11.5 Å². The van der Waals surface area contributed by atoms with E-state index in [1.807, 2.05) is 26.0 Å². The molecule has 0 aromatic heterocycles. The van der Waals surface area contributed by atoms with Gasteiger partial charge in [-0.05, 0) is 88.3 Å². The van der Waals surface area contributed by atoms with Crippen molar-refractivity contribution in [2.24, 2.45) is 0 Å². The number of hydrogen-bond donors (Lipinski definition) is 2. The number of hydrogen-bond acceptors (Lipinski definition) is 10. The van der Waals surface area contributed by atoms with Crippen LogP contribution >= 0.6 is 11.8 Å². The summed E-state index contributed by atoms with van der Waals surface area (Å²) < 4.78 is 23.5. The van der Waals surface area contributed by atoms with E-state index < -0.39 is 28.8 Å². The Morgan fingerprint density at radius 1 is 1.17 bits per heavy atom. The Morgan fingerprint density at radius 3 is 2.59 bits per heavy atom. The lowest BCUT2D eigenvalue weighted by atomic mass is 9.77. The zero-order chi connectivity index (χ0) is 29.6. The van der Waals surface area contributed by atoms with Gasteiger partial charge in [-0.2, -0.15) is 0 Å². The molecule has 1 spiro atoms. The Hall–Kier alpha value is -2.27. The largest absolute Gasteiger partial charge is 0.497 e. The molecule has 2 N–H and O–H groups in total. The molecule has 1 aromatic rings. The molecule has 4 aliphatic rings. The Balaban J connectivity index is 1.49. The smallest absolute Gasteiger partial charge is 0.339 e. The highest BCUT2D eigenvalue weighted by Gasteiger charge is 2.59. The van der Waals surface area contributed by atoms with Gasteiger partial charge in [0.25, 0.3) is 0 Å². The van der Waals surface area contributed by atoms with Gasteiger partial charge >= 0.3 is 5.97 Å². The molecular weight excluding hydrogens is 546 g/mol. The first-order valence-electron chi connectivity index (χ1n) is 14.6. The molecule has 0 radical (unpaired) electrons. The van der Waals surface area contributed by atoms with Crippen LogP contribution < -0.4 is 9.47 Å². The van der Waals surface area contributed by atoms with Crippen molar-refractivity contribution in [3.05, 3.63) is 35.1 Å². The van der Waals surface area contributed by atoms with Gasteiger partial charge in [-0.25, -0.2) is 4.79 Å². The van der Waals surface area contributed by atoms with Crippen LogP contribution in [0.25, 0.3) is 0 Å². The molecule has 1 unspecified atom stereocenters. The van der Waals surface area contributed by atoms with E-state index in [1.165, 1.54) is 0 Å². The lowest BCUT2D eigenvalue weighted by Gasteiger charge is -2.39. The Kier molecular flexibility index (Phi) is 8.42. The first kappa shape index (κ1) is 30.2. The van der Waals surface area contributed by atoms with Gasteiger partial charge in [0.2, 0.25) is 6.79 Å². The third kappa shape index (κ3) is 5.98. The third-order valence-electron chi connectivity index (χ3n) is 8.76. The number of rotatable bonds is 10. The van der Waals surface area contributed by atoms with Gasteiger partial charge in [0.05, 0.1) is 30.6 Å². The van der Waals surface area contributed by atoms with Gasteiger partial charge in [-0.3, -0.25) is 9.69 Å². The van der Waals surface area contributed by atoms with E-state index in [1.54, 1.807) is 21.0 Å². The van der Waals surface area contributed by atoms with Crippen LogP contribution in [0.4, 0.5) is 0 Å². The Morgan fingerprint density at radius 2 is 1.90 bits per heavy atom. The molecule has 9 nitrogen and oxygen atoms in total. The molecule has 3 heterocycles. The lowest BCUT2D eigenvalue weighted by molar-refractivity contribution is -0.175. The van der Waals surface area contributed by atoms with Crippen LogP contribution in [-0.4, -0.2) is 81.3 Å². The highest BCUT2D eigenvalue weighted by Crippen LogP contribution is 2.55. The average Bonchev–Trinajstić information content (AvgIpc) is 3.56. The number of aliphatic hydroxyl groups is 2.